The van der Waals surface area contributed by atoms with Crippen LogP contribution in [0.4, 0.5) is 0 Å². The van der Waals surface area contributed by atoms with E-state index < -0.39 is 0 Å². The molecule has 0 unspecified atom stereocenters. The molecule has 24 heavy (non-hydrogen) atoms. The molecule has 0 bridgehead atoms. The van der Waals surface area contributed by atoms with Crippen LogP contribution in [0.5, 0.6) is 0 Å². The molecule has 5 nitrogen and oxygen atoms in total. The van der Waals surface area contributed by atoms with Crippen molar-refractivity contribution in [2.45, 2.75) is 6.54 Å². The van der Waals surface area contributed by atoms with Crippen LogP contribution in [-0.4, -0.2) is 15.5 Å². The van der Waals surface area contributed by atoms with Gasteiger partial charge in [0.1, 0.15) is 0 Å². The van der Waals surface area contributed by atoms with E-state index in [1.54, 1.807) is 43.8 Å². The predicted octanol–water partition coefficient (Wildman–Crippen LogP) is 2.38. The highest BCUT2D eigenvalue weighted by atomic mass is 16.1. The van der Waals surface area contributed by atoms with Crippen LogP contribution in [0.25, 0.3) is 11.1 Å². The molecule has 2 heterocycles. The summed E-state index contributed by atoms with van der Waals surface area (Å²) in [5.41, 5.74) is 3.37. The van der Waals surface area contributed by atoms with E-state index in [2.05, 4.69) is 10.3 Å². The van der Waals surface area contributed by atoms with E-state index >= 15 is 0 Å². The molecular formula is C19H17N3O2. The van der Waals surface area contributed by atoms with Crippen LogP contribution in [0.15, 0.2) is 71.9 Å². The first-order valence-corrected chi connectivity index (χ1v) is 7.58. The molecule has 0 radical (unpaired) electrons. The number of carbonyl (C=O) groups is 1. The maximum atomic E-state index is 12.2. The SMILES string of the molecule is Cn1cc(-c2ccc(C(=O)NCc3cccnc3)cc2)ccc1=O. The molecule has 3 rings (SSSR count). The molecule has 0 aliphatic heterocycles. The number of hydrogen-bond acceptors (Lipinski definition) is 3. The van der Waals surface area contributed by atoms with E-state index in [4.69, 9.17) is 0 Å². The lowest BCUT2D eigenvalue weighted by molar-refractivity contribution is 0.0951. The van der Waals surface area contributed by atoms with Gasteiger partial charge in [-0.2, -0.15) is 0 Å². The number of rotatable bonds is 4. The van der Waals surface area contributed by atoms with Gasteiger partial charge < -0.3 is 9.88 Å². The van der Waals surface area contributed by atoms with Gasteiger partial charge in [0.15, 0.2) is 0 Å². The molecule has 0 fully saturated rings. The van der Waals surface area contributed by atoms with Gasteiger partial charge in [0.25, 0.3) is 5.91 Å². The highest BCUT2D eigenvalue weighted by molar-refractivity contribution is 5.94. The number of nitrogens with one attached hydrogen (secondary N) is 1. The minimum absolute atomic E-state index is 0.0508. The Bertz CT molecular complexity index is 900. The summed E-state index contributed by atoms with van der Waals surface area (Å²) >= 11 is 0. The molecule has 1 amide bonds. The molecule has 0 atom stereocenters. The lowest BCUT2D eigenvalue weighted by atomic mass is 10.1. The van der Waals surface area contributed by atoms with Gasteiger partial charge in [-0.15, -0.1) is 0 Å². The molecule has 5 heteroatoms. The standard InChI is InChI=1S/C19H17N3O2/c1-22-13-17(8-9-18(22)23)15-4-6-16(7-5-15)19(24)21-12-14-3-2-10-20-11-14/h2-11,13H,12H2,1H3,(H,21,24). The second kappa shape index (κ2) is 6.91. The largest absolute Gasteiger partial charge is 0.348 e. The van der Waals surface area contributed by atoms with E-state index in [0.29, 0.717) is 12.1 Å². The fourth-order valence-corrected chi connectivity index (χ4v) is 2.37. The fraction of sp³-hybridized carbons (Fsp3) is 0.105. The fourth-order valence-electron chi connectivity index (χ4n) is 2.37. The Labute approximate surface area is 139 Å². The summed E-state index contributed by atoms with van der Waals surface area (Å²) in [4.78, 5) is 27.6. The minimum atomic E-state index is -0.133. The third kappa shape index (κ3) is 3.57. The van der Waals surface area contributed by atoms with Crippen molar-refractivity contribution in [3.63, 3.8) is 0 Å². The molecule has 0 saturated carbocycles. The number of benzene rings is 1. The molecule has 3 aromatic rings. The molecule has 1 aromatic carbocycles. The summed E-state index contributed by atoms with van der Waals surface area (Å²) in [6.07, 6.45) is 5.20. The summed E-state index contributed by atoms with van der Waals surface area (Å²) in [7, 11) is 1.71. The number of aromatic nitrogens is 2. The van der Waals surface area contributed by atoms with Crippen molar-refractivity contribution in [1.82, 2.24) is 14.9 Å². The van der Waals surface area contributed by atoms with Crippen molar-refractivity contribution in [3.05, 3.63) is 88.6 Å². The maximum Gasteiger partial charge on any atom is 0.251 e. The molecule has 1 N–H and O–H groups in total. The van der Waals surface area contributed by atoms with Crippen LogP contribution in [0, 0.1) is 0 Å². The molecule has 0 aliphatic rings. The highest BCUT2D eigenvalue weighted by Crippen LogP contribution is 2.18. The maximum absolute atomic E-state index is 12.2. The van der Waals surface area contributed by atoms with Gasteiger partial charge in [0.05, 0.1) is 0 Å². The molecule has 2 aromatic heterocycles. The van der Waals surface area contributed by atoms with Crippen LogP contribution >= 0.6 is 0 Å². The normalized spacial score (nSPS) is 10.4. The van der Waals surface area contributed by atoms with Gasteiger partial charge in [-0.05, 0) is 41.0 Å². The monoisotopic (exact) mass is 319 g/mol. The molecule has 0 saturated heterocycles. The average Bonchev–Trinajstić information content (AvgIpc) is 2.63. The van der Waals surface area contributed by atoms with E-state index in [9.17, 15) is 9.59 Å². The number of amides is 1. The van der Waals surface area contributed by atoms with Crippen molar-refractivity contribution in [1.29, 1.82) is 0 Å². The Morgan fingerprint density at radius 3 is 2.50 bits per heavy atom. The van der Waals surface area contributed by atoms with E-state index in [1.165, 1.54) is 10.6 Å². The number of pyridine rings is 2. The Kier molecular flexibility index (Phi) is 4.52. The van der Waals surface area contributed by atoms with Crippen LogP contribution < -0.4 is 10.9 Å². The Balaban J connectivity index is 1.70. The second-order valence-electron chi connectivity index (χ2n) is 5.49. The lowest BCUT2D eigenvalue weighted by Gasteiger charge is -2.07. The summed E-state index contributed by atoms with van der Waals surface area (Å²) in [5.74, 6) is -0.133. The molecular weight excluding hydrogens is 302 g/mol. The zero-order valence-corrected chi connectivity index (χ0v) is 13.3. The third-order valence-electron chi connectivity index (χ3n) is 3.74. The first-order valence-electron chi connectivity index (χ1n) is 7.58. The number of nitrogens with zero attached hydrogens (tertiary/aromatic N) is 2. The average molecular weight is 319 g/mol. The first kappa shape index (κ1) is 15.7. The Morgan fingerprint density at radius 1 is 1.08 bits per heavy atom. The Hall–Kier alpha value is -3.21. The Morgan fingerprint density at radius 2 is 1.83 bits per heavy atom. The van der Waals surface area contributed by atoms with Crippen LogP contribution in [0.2, 0.25) is 0 Å². The summed E-state index contributed by atoms with van der Waals surface area (Å²) in [6.45, 7) is 0.440. The number of hydrogen-bond donors (Lipinski definition) is 1. The van der Waals surface area contributed by atoms with Gasteiger partial charge in [-0.3, -0.25) is 14.6 Å². The molecule has 120 valence electrons. The lowest BCUT2D eigenvalue weighted by Crippen LogP contribution is -2.22. The topological polar surface area (TPSA) is 64.0 Å². The van der Waals surface area contributed by atoms with Crippen LogP contribution in [0.3, 0.4) is 0 Å². The third-order valence-corrected chi connectivity index (χ3v) is 3.74. The van der Waals surface area contributed by atoms with Crippen molar-refractivity contribution in [3.8, 4) is 11.1 Å². The van der Waals surface area contributed by atoms with E-state index in [-0.39, 0.29) is 11.5 Å². The van der Waals surface area contributed by atoms with Crippen LogP contribution in [-0.2, 0) is 13.6 Å². The zero-order valence-electron chi connectivity index (χ0n) is 13.3. The summed E-state index contributed by atoms with van der Waals surface area (Å²) < 4.78 is 1.53. The second-order valence-corrected chi connectivity index (χ2v) is 5.49. The molecule has 0 aliphatic carbocycles. The van der Waals surface area contributed by atoms with Crippen molar-refractivity contribution < 1.29 is 4.79 Å². The molecule has 0 spiro atoms. The van der Waals surface area contributed by atoms with Crippen molar-refractivity contribution in [2.75, 3.05) is 0 Å². The van der Waals surface area contributed by atoms with Gasteiger partial charge in [0.2, 0.25) is 5.56 Å². The van der Waals surface area contributed by atoms with Gasteiger partial charge in [-0.25, -0.2) is 0 Å². The summed E-state index contributed by atoms with van der Waals surface area (Å²) in [6, 6.07) is 14.4. The predicted molar refractivity (Wildman–Crippen MR) is 92.5 cm³/mol. The highest BCUT2D eigenvalue weighted by Gasteiger charge is 2.06. The number of carbonyl (C=O) groups excluding carboxylic acids is 1. The van der Waals surface area contributed by atoms with Gasteiger partial charge in [-0.1, -0.05) is 18.2 Å². The van der Waals surface area contributed by atoms with Crippen LogP contribution in [0.1, 0.15) is 15.9 Å². The van der Waals surface area contributed by atoms with Crippen molar-refractivity contribution in [2.24, 2.45) is 7.05 Å². The van der Waals surface area contributed by atoms with E-state index in [1.807, 2.05) is 24.3 Å². The zero-order chi connectivity index (χ0) is 16.9. The van der Waals surface area contributed by atoms with Crippen molar-refractivity contribution >= 4 is 5.91 Å². The van der Waals surface area contributed by atoms with E-state index in [0.717, 1.165) is 16.7 Å². The first-order chi connectivity index (χ1) is 11.6. The summed E-state index contributed by atoms with van der Waals surface area (Å²) in [5, 5.41) is 2.87. The van der Waals surface area contributed by atoms with Gasteiger partial charge >= 0.3 is 0 Å². The quantitative estimate of drug-likeness (QED) is 0.803. The minimum Gasteiger partial charge on any atom is -0.348 e. The number of aryl methyl sites for hydroxylation is 1. The smallest absolute Gasteiger partial charge is 0.251 e. The van der Waals surface area contributed by atoms with Gasteiger partial charge in [0, 0.05) is 43.8 Å².